The standard InChI is InChI=1S/C30H31NO4/c1-35-27-17-15-22(16-18-27)19-30(34)31-25(20-28(32)23-9-4-2-5-10-23)13-8-14-26(31)21-29(33)24-11-6-3-7-12-24/h2-7,9-12,15-18,25-26H,8,13-14,19-21H2,1H3/t25-,26+. The number of ketones is 2. The SMILES string of the molecule is COc1ccc(CC(=O)N2[C@@H](CC(=O)c3ccccc3)CCC[C@H]2CC(=O)c2ccccc2)cc1. The summed E-state index contributed by atoms with van der Waals surface area (Å²) >= 11 is 0. The van der Waals surface area contributed by atoms with Crippen LogP contribution in [0, 0.1) is 0 Å². The summed E-state index contributed by atoms with van der Waals surface area (Å²) in [5.41, 5.74) is 2.18. The van der Waals surface area contributed by atoms with E-state index in [4.69, 9.17) is 4.74 Å². The summed E-state index contributed by atoms with van der Waals surface area (Å²) in [5, 5.41) is 0. The van der Waals surface area contributed by atoms with Gasteiger partial charge in [-0.2, -0.15) is 0 Å². The number of rotatable bonds is 9. The van der Waals surface area contributed by atoms with E-state index in [2.05, 4.69) is 0 Å². The highest BCUT2D eigenvalue weighted by molar-refractivity contribution is 5.97. The third-order valence-corrected chi connectivity index (χ3v) is 6.70. The van der Waals surface area contributed by atoms with E-state index < -0.39 is 0 Å². The molecular formula is C30H31NO4. The van der Waals surface area contributed by atoms with Crippen LogP contribution in [0.3, 0.4) is 0 Å². The summed E-state index contributed by atoms with van der Waals surface area (Å²) < 4.78 is 5.23. The van der Waals surface area contributed by atoms with Crippen molar-refractivity contribution in [3.05, 3.63) is 102 Å². The zero-order chi connectivity index (χ0) is 24.6. The van der Waals surface area contributed by atoms with E-state index in [1.807, 2.05) is 89.8 Å². The fourth-order valence-corrected chi connectivity index (χ4v) is 4.89. The normalized spacial score (nSPS) is 17.6. The van der Waals surface area contributed by atoms with Crippen molar-refractivity contribution in [1.29, 1.82) is 0 Å². The molecule has 1 aliphatic heterocycles. The van der Waals surface area contributed by atoms with Crippen molar-refractivity contribution < 1.29 is 19.1 Å². The Morgan fingerprint density at radius 2 is 1.23 bits per heavy atom. The number of nitrogens with zero attached hydrogens (tertiary/aromatic N) is 1. The predicted molar refractivity (Wildman–Crippen MR) is 136 cm³/mol. The number of hydrogen-bond donors (Lipinski definition) is 0. The van der Waals surface area contributed by atoms with Crippen LogP contribution in [0.25, 0.3) is 0 Å². The summed E-state index contributed by atoms with van der Waals surface area (Å²) in [5.74, 6) is 0.726. The third kappa shape index (κ3) is 6.24. The molecule has 1 amide bonds. The molecule has 0 N–H and O–H groups in total. The van der Waals surface area contributed by atoms with Crippen LogP contribution in [-0.2, 0) is 11.2 Å². The summed E-state index contributed by atoms with van der Waals surface area (Å²) in [7, 11) is 1.61. The zero-order valence-electron chi connectivity index (χ0n) is 20.1. The van der Waals surface area contributed by atoms with Gasteiger partial charge in [0, 0.05) is 36.1 Å². The first-order valence-corrected chi connectivity index (χ1v) is 12.2. The second-order valence-electron chi connectivity index (χ2n) is 9.05. The quantitative estimate of drug-likeness (QED) is 0.387. The average molecular weight is 470 g/mol. The van der Waals surface area contributed by atoms with E-state index >= 15 is 0 Å². The van der Waals surface area contributed by atoms with Crippen LogP contribution in [0.2, 0.25) is 0 Å². The summed E-state index contributed by atoms with van der Waals surface area (Å²) in [6, 6.07) is 25.4. The topological polar surface area (TPSA) is 63.7 Å². The fourth-order valence-electron chi connectivity index (χ4n) is 4.89. The highest BCUT2D eigenvalue weighted by Crippen LogP contribution is 2.30. The zero-order valence-corrected chi connectivity index (χ0v) is 20.1. The Labute approximate surface area is 206 Å². The van der Waals surface area contributed by atoms with Crippen LogP contribution in [0.4, 0.5) is 0 Å². The largest absolute Gasteiger partial charge is 0.497 e. The molecule has 35 heavy (non-hydrogen) atoms. The molecule has 0 aromatic heterocycles. The second-order valence-corrected chi connectivity index (χ2v) is 9.05. The van der Waals surface area contributed by atoms with E-state index in [1.54, 1.807) is 7.11 Å². The maximum Gasteiger partial charge on any atom is 0.227 e. The molecule has 3 aromatic carbocycles. The number of amides is 1. The number of Topliss-reactive ketones (excluding diaryl/α,β-unsaturated/α-hetero) is 2. The molecular weight excluding hydrogens is 438 g/mol. The van der Waals surface area contributed by atoms with E-state index in [0.29, 0.717) is 11.1 Å². The minimum Gasteiger partial charge on any atom is -0.497 e. The van der Waals surface area contributed by atoms with Gasteiger partial charge in [0.05, 0.1) is 13.5 Å². The molecule has 3 aromatic rings. The first kappa shape index (κ1) is 24.4. The highest BCUT2D eigenvalue weighted by atomic mass is 16.5. The van der Waals surface area contributed by atoms with Crippen LogP contribution >= 0.6 is 0 Å². The van der Waals surface area contributed by atoms with Crippen LogP contribution in [0.15, 0.2) is 84.9 Å². The van der Waals surface area contributed by atoms with Gasteiger partial charge in [-0.3, -0.25) is 14.4 Å². The van der Waals surface area contributed by atoms with Crippen molar-refractivity contribution in [3.8, 4) is 5.75 Å². The van der Waals surface area contributed by atoms with Gasteiger partial charge in [0.15, 0.2) is 11.6 Å². The minimum atomic E-state index is -0.226. The van der Waals surface area contributed by atoms with Crippen molar-refractivity contribution in [2.45, 2.75) is 50.6 Å². The average Bonchev–Trinajstić information content (AvgIpc) is 2.90. The molecule has 0 unspecified atom stereocenters. The maximum absolute atomic E-state index is 13.7. The van der Waals surface area contributed by atoms with E-state index in [-0.39, 0.29) is 48.8 Å². The van der Waals surface area contributed by atoms with Gasteiger partial charge in [-0.25, -0.2) is 0 Å². The Hall–Kier alpha value is -3.73. The van der Waals surface area contributed by atoms with Gasteiger partial charge in [-0.1, -0.05) is 72.8 Å². The van der Waals surface area contributed by atoms with E-state index in [0.717, 1.165) is 30.6 Å². The van der Waals surface area contributed by atoms with Crippen LogP contribution < -0.4 is 4.74 Å². The van der Waals surface area contributed by atoms with Crippen LogP contribution in [0.5, 0.6) is 5.75 Å². The second kappa shape index (κ2) is 11.6. The van der Waals surface area contributed by atoms with E-state index in [1.165, 1.54) is 0 Å². The Morgan fingerprint density at radius 3 is 1.69 bits per heavy atom. The van der Waals surface area contributed by atoms with Crippen molar-refractivity contribution >= 4 is 17.5 Å². The molecule has 0 saturated carbocycles. The molecule has 0 radical (unpaired) electrons. The number of ether oxygens (including phenoxy) is 1. The Morgan fingerprint density at radius 1 is 0.743 bits per heavy atom. The van der Waals surface area contributed by atoms with E-state index in [9.17, 15) is 14.4 Å². The molecule has 1 aliphatic rings. The molecule has 180 valence electrons. The lowest BCUT2D eigenvalue weighted by Crippen LogP contribution is -2.52. The van der Waals surface area contributed by atoms with Crippen molar-refractivity contribution in [1.82, 2.24) is 4.90 Å². The van der Waals surface area contributed by atoms with Crippen molar-refractivity contribution in [3.63, 3.8) is 0 Å². The van der Waals surface area contributed by atoms with Crippen LogP contribution in [0.1, 0.15) is 58.4 Å². The Kier molecular flexibility index (Phi) is 8.09. The molecule has 1 heterocycles. The van der Waals surface area contributed by atoms with Gasteiger partial charge >= 0.3 is 0 Å². The van der Waals surface area contributed by atoms with Gasteiger partial charge in [-0.15, -0.1) is 0 Å². The number of methoxy groups -OCH3 is 1. The summed E-state index contributed by atoms with van der Waals surface area (Å²) in [6.07, 6.45) is 3.12. The van der Waals surface area contributed by atoms with Crippen molar-refractivity contribution in [2.75, 3.05) is 7.11 Å². The number of benzene rings is 3. The molecule has 1 saturated heterocycles. The number of carbonyl (C=O) groups is 3. The molecule has 5 nitrogen and oxygen atoms in total. The molecule has 0 bridgehead atoms. The number of piperidine rings is 1. The Balaban J connectivity index is 1.56. The summed E-state index contributed by atoms with van der Waals surface area (Å²) in [6.45, 7) is 0. The smallest absolute Gasteiger partial charge is 0.227 e. The Bertz CT molecular complexity index is 1080. The molecule has 2 atom stereocenters. The monoisotopic (exact) mass is 469 g/mol. The first-order valence-electron chi connectivity index (χ1n) is 12.2. The van der Waals surface area contributed by atoms with Gasteiger partial charge in [0.2, 0.25) is 5.91 Å². The maximum atomic E-state index is 13.7. The lowest BCUT2D eigenvalue weighted by atomic mass is 9.87. The molecule has 0 spiro atoms. The van der Waals surface area contributed by atoms with Gasteiger partial charge in [0.25, 0.3) is 0 Å². The minimum absolute atomic E-state index is 0.0212. The summed E-state index contributed by atoms with van der Waals surface area (Å²) in [4.78, 5) is 41.6. The molecule has 5 heteroatoms. The van der Waals surface area contributed by atoms with Gasteiger partial charge < -0.3 is 9.64 Å². The molecule has 1 fully saturated rings. The van der Waals surface area contributed by atoms with Crippen LogP contribution in [-0.4, -0.2) is 41.6 Å². The highest BCUT2D eigenvalue weighted by Gasteiger charge is 2.36. The number of hydrogen-bond acceptors (Lipinski definition) is 4. The predicted octanol–water partition coefficient (Wildman–Crippen LogP) is 5.53. The first-order chi connectivity index (χ1) is 17.0. The van der Waals surface area contributed by atoms with Gasteiger partial charge in [-0.05, 0) is 37.0 Å². The third-order valence-electron chi connectivity index (χ3n) is 6.70. The molecule has 4 rings (SSSR count). The lowest BCUT2D eigenvalue weighted by molar-refractivity contribution is -0.137. The van der Waals surface area contributed by atoms with Crippen molar-refractivity contribution in [2.24, 2.45) is 0 Å². The number of likely N-dealkylation sites (tertiary alicyclic amines) is 1. The number of carbonyl (C=O) groups excluding carboxylic acids is 3. The van der Waals surface area contributed by atoms with Gasteiger partial charge in [0.1, 0.15) is 5.75 Å². The lowest BCUT2D eigenvalue weighted by Gasteiger charge is -2.42. The molecule has 0 aliphatic carbocycles. The fraction of sp³-hybridized carbons (Fsp3) is 0.300.